The van der Waals surface area contributed by atoms with E-state index in [1.807, 2.05) is 0 Å². The minimum atomic E-state index is 0.923. The summed E-state index contributed by atoms with van der Waals surface area (Å²) >= 11 is 0. The number of fused-ring (bicyclic) bond motifs is 6. The maximum atomic E-state index is 5.35. The Kier molecular flexibility index (Phi) is 9.51. The Morgan fingerprint density at radius 2 is 0.913 bits per heavy atom. The van der Waals surface area contributed by atoms with E-state index in [9.17, 15) is 0 Å². The van der Waals surface area contributed by atoms with Crippen molar-refractivity contribution in [2.24, 2.45) is 0 Å². The van der Waals surface area contributed by atoms with E-state index in [4.69, 9.17) is 9.97 Å². The van der Waals surface area contributed by atoms with Crippen LogP contribution in [0.5, 0.6) is 0 Å². The lowest BCUT2D eigenvalue weighted by molar-refractivity contribution is 0.592. The molecule has 0 radical (unpaired) electrons. The second-order valence-corrected chi connectivity index (χ2v) is 13.6. The average Bonchev–Trinajstić information content (AvgIpc) is 3.83. The van der Waals surface area contributed by atoms with Crippen LogP contribution in [0.1, 0.15) is 114 Å². The summed E-state index contributed by atoms with van der Waals surface area (Å²) in [6, 6.07) is 26.7. The Labute approximate surface area is 275 Å². The smallest absolute Gasteiger partial charge is 0.110 e. The zero-order chi connectivity index (χ0) is 31.3. The van der Waals surface area contributed by atoms with Crippen LogP contribution in [0.25, 0.3) is 45.0 Å². The molecule has 2 aromatic heterocycles. The van der Waals surface area contributed by atoms with E-state index in [-0.39, 0.29) is 0 Å². The van der Waals surface area contributed by atoms with Gasteiger partial charge in [-0.2, -0.15) is 0 Å². The van der Waals surface area contributed by atoms with Gasteiger partial charge in [-0.3, -0.25) is 0 Å². The van der Waals surface area contributed by atoms with Crippen LogP contribution in [0.2, 0.25) is 0 Å². The monoisotopic (exact) mass is 610 g/mol. The molecule has 0 N–H and O–H groups in total. The number of aromatic nitrogens is 4. The fourth-order valence-electron chi connectivity index (χ4n) is 7.73. The summed E-state index contributed by atoms with van der Waals surface area (Å²) in [5.41, 5.74) is 12.9. The van der Waals surface area contributed by atoms with Gasteiger partial charge in [-0.05, 0) is 30.0 Å². The van der Waals surface area contributed by atoms with Gasteiger partial charge in [0.1, 0.15) is 11.6 Å². The normalized spacial score (nSPS) is 12.7. The van der Waals surface area contributed by atoms with E-state index in [0.717, 1.165) is 37.3 Å². The molecule has 2 aliphatic heterocycles. The van der Waals surface area contributed by atoms with Crippen LogP contribution in [0, 0.1) is 0 Å². The molecule has 0 saturated heterocycles. The first kappa shape index (κ1) is 30.7. The molecule has 7 rings (SSSR count). The van der Waals surface area contributed by atoms with Crippen molar-refractivity contribution in [1.29, 1.82) is 0 Å². The molecule has 5 aromatic rings. The summed E-state index contributed by atoms with van der Waals surface area (Å²) in [6.07, 6.45) is 17.8. The van der Waals surface area contributed by atoms with Crippen molar-refractivity contribution in [3.05, 3.63) is 95.6 Å². The van der Waals surface area contributed by atoms with E-state index in [2.05, 4.69) is 95.8 Å². The molecule has 46 heavy (non-hydrogen) atoms. The molecule has 0 amide bonds. The largest absolute Gasteiger partial charge is 0.323 e. The minimum Gasteiger partial charge on any atom is -0.323 e. The zero-order valence-corrected chi connectivity index (χ0v) is 28.0. The van der Waals surface area contributed by atoms with Crippen LogP contribution in [0.4, 0.5) is 0 Å². The van der Waals surface area contributed by atoms with E-state index in [0.29, 0.717) is 0 Å². The third-order valence-corrected chi connectivity index (χ3v) is 10.2. The number of aryl methyl sites for hydroxylation is 2. The molecule has 3 aromatic carbocycles. The van der Waals surface area contributed by atoms with Gasteiger partial charge < -0.3 is 9.13 Å². The lowest BCUT2D eigenvalue weighted by Gasteiger charge is -2.08. The van der Waals surface area contributed by atoms with Crippen molar-refractivity contribution in [2.45, 2.75) is 117 Å². The molecule has 0 spiro atoms. The van der Waals surface area contributed by atoms with Crippen molar-refractivity contribution in [2.75, 3.05) is 0 Å². The predicted molar refractivity (Wildman–Crippen MR) is 192 cm³/mol. The zero-order valence-electron chi connectivity index (χ0n) is 28.0. The molecule has 4 heteroatoms. The Balaban J connectivity index is 1.24. The quantitative estimate of drug-likeness (QED) is 0.102. The molecular formula is C42H50N4. The first-order valence-electron chi connectivity index (χ1n) is 18.2. The SMILES string of the molecule is CCCCCCCCc1nc(-c2ccccc2)c2n1Cc1cc3c(cc1-2)-c1c(-c2ccccc2)nc(CCCCCCCC)n1C3. The summed E-state index contributed by atoms with van der Waals surface area (Å²) in [4.78, 5) is 10.7. The molecule has 0 fully saturated rings. The molecule has 4 nitrogen and oxygen atoms in total. The van der Waals surface area contributed by atoms with E-state index in [1.54, 1.807) is 0 Å². The Morgan fingerprint density at radius 1 is 0.500 bits per heavy atom. The summed E-state index contributed by atoms with van der Waals surface area (Å²) in [6.45, 7) is 6.43. The number of hydrogen-bond donors (Lipinski definition) is 0. The second kappa shape index (κ2) is 14.2. The van der Waals surface area contributed by atoms with Crippen molar-refractivity contribution in [1.82, 2.24) is 19.1 Å². The van der Waals surface area contributed by atoms with Crippen LogP contribution in [-0.4, -0.2) is 19.1 Å². The second-order valence-electron chi connectivity index (χ2n) is 13.6. The van der Waals surface area contributed by atoms with E-state index < -0.39 is 0 Å². The van der Waals surface area contributed by atoms with Gasteiger partial charge >= 0.3 is 0 Å². The fraction of sp³-hybridized carbons (Fsp3) is 0.429. The van der Waals surface area contributed by atoms with Crippen molar-refractivity contribution in [3.63, 3.8) is 0 Å². The topological polar surface area (TPSA) is 35.6 Å². The maximum absolute atomic E-state index is 5.35. The number of rotatable bonds is 16. The van der Waals surface area contributed by atoms with Crippen LogP contribution in [0.3, 0.4) is 0 Å². The molecular weight excluding hydrogens is 560 g/mol. The molecule has 0 saturated carbocycles. The molecule has 238 valence electrons. The average molecular weight is 611 g/mol. The maximum Gasteiger partial charge on any atom is 0.110 e. The van der Waals surface area contributed by atoms with Crippen molar-refractivity contribution >= 4 is 0 Å². The lowest BCUT2D eigenvalue weighted by atomic mass is 9.95. The van der Waals surface area contributed by atoms with Gasteiger partial charge in [0.05, 0.1) is 35.9 Å². The highest BCUT2D eigenvalue weighted by atomic mass is 15.1. The van der Waals surface area contributed by atoms with E-state index in [1.165, 1.54) is 133 Å². The van der Waals surface area contributed by atoms with Crippen molar-refractivity contribution in [3.8, 4) is 45.0 Å². The van der Waals surface area contributed by atoms with Gasteiger partial charge in [0.2, 0.25) is 0 Å². The summed E-state index contributed by atoms with van der Waals surface area (Å²) in [5, 5.41) is 0. The molecule has 0 atom stereocenters. The first-order chi connectivity index (χ1) is 22.8. The minimum absolute atomic E-state index is 0.923. The number of imidazole rings is 2. The highest BCUT2D eigenvalue weighted by Gasteiger charge is 2.33. The van der Waals surface area contributed by atoms with Gasteiger partial charge in [0.25, 0.3) is 0 Å². The number of hydrogen-bond acceptors (Lipinski definition) is 2. The van der Waals surface area contributed by atoms with Crippen LogP contribution >= 0.6 is 0 Å². The standard InChI is InChI=1S/C42H50N4/c1-3-5-7-9-11-19-25-37-43-39(31-21-15-13-16-22-31)41-35-28-36-34(27-33(35)29-45(37)41)30-46-38(26-20-12-10-8-6-4-2)44-40(42(36)46)32-23-17-14-18-24-32/h13-18,21-24,27-28H,3-12,19-20,25-26,29-30H2,1-2H3. The summed E-state index contributed by atoms with van der Waals surface area (Å²) in [5.74, 6) is 2.49. The van der Waals surface area contributed by atoms with Crippen LogP contribution < -0.4 is 0 Å². The third-order valence-electron chi connectivity index (χ3n) is 10.2. The Bertz CT molecular complexity index is 1630. The summed E-state index contributed by atoms with van der Waals surface area (Å²) in [7, 11) is 0. The predicted octanol–water partition coefficient (Wildman–Crippen LogP) is 11.3. The Morgan fingerprint density at radius 3 is 1.35 bits per heavy atom. The third kappa shape index (κ3) is 6.11. The summed E-state index contributed by atoms with van der Waals surface area (Å²) < 4.78 is 5.07. The van der Waals surface area contributed by atoms with Gasteiger partial charge in [-0.25, -0.2) is 9.97 Å². The first-order valence-corrected chi connectivity index (χ1v) is 18.2. The van der Waals surface area contributed by atoms with Gasteiger partial charge in [0.15, 0.2) is 0 Å². The molecule has 0 aliphatic carbocycles. The molecule has 2 aliphatic rings. The van der Waals surface area contributed by atoms with Gasteiger partial charge in [-0.1, -0.05) is 145 Å². The Hall–Kier alpha value is -3.92. The fourth-order valence-corrected chi connectivity index (χ4v) is 7.73. The van der Waals surface area contributed by atoms with Gasteiger partial charge in [-0.15, -0.1) is 0 Å². The van der Waals surface area contributed by atoms with E-state index >= 15 is 0 Å². The van der Waals surface area contributed by atoms with Crippen LogP contribution in [0.15, 0.2) is 72.8 Å². The van der Waals surface area contributed by atoms with Crippen LogP contribution in [-0.2, 0) is 25.9 Å². The lowest BCUT2D eigenvalue weighted by Crippen LogP contribution is -2.03. The number of nitrogens with zero attached hydrogens (tertiary/aromatic N) is 4. The molecule has 0 unspecified atom stereocenters. The highest BCUT2D eigenvalue weighted by molar-refractivity contribution is 5.90. The highest BCUT2D eigenvalue weighted by Crippen LogP contribution is 2.47. The molecule has 4 heterocycles. The number of unbranched alkanes of at least 4 members (excludes halogenated alkanes) is 10. The van der Waals surface area contributed by atoms with Gasteiger partial charge in [0, 0.05) is 35.1 Å². The van der Waals surface area contributed by atoms with Crippen molar-refractivity contribution < 1.29 is 0 Å². The molecule has 0 bridgehead atoms. The number of benzene rings is 3.